The average molecular weight is 160 g/mol. The number of carboxylic acids is 1. The number of hydrogen-bond acceptors (Lipinski definition) is 3. The summed E-state index contributed by atoms with van der Waals surface area (Å²) >= 11 is 0. The molecule has 4 heteroatoms. The molecular formula is C7H12O4. The predicted octanol–water partition coefficient (Wildman–Crippen LogP) is 0.001000. The van der Waals surface area contributed by atoms with Crippen molar-refractivity contribution in [2.24, 2.45) is 0 Å². The maximum Gasteiger partial charge on any atom is 0.306 e. The first-order chi connectivity index (χ1) is 5.20. The second-order valence-electron chi connectivity index (χ2n) is 2.72. The highest BCUT2D eigenvalue weighted by molar-refractivity contribution is 5.67. The van der Waals surface area contributed by atoms with Gasteiger partial charge >= 0.3 is 5.97 Å². The third kappa shape index (κ3) is 2.48. The SMILES string of the molecule is O=C(O)C[C@@H]1OCCC[C@@H]1O. The Balaban J connectivity index is 2.35. The highest BCUT2D eigenvalue weighted by Crippen LogP contribution is 2.16. The summed E-state index contributed by atoms with van der Waals surface area (Å²) in [5, 5.41) is 17.6. The zero-order chi connectivity index (χ0) is 8.27. The van der Waals surface area contributed by atoms with E-state index in [1.54, 1.807) is 0 Å². The third-order valence-corrected chi connectivity index (χ3v) is 1.78. The smallest absolute Gasteiger partial charge is 0.306 e. The fraction of sp³-hybridized carbons (Fsp3) is 0.857. The van der Waals surface area contributed by atoms with Crippen molar-refractivity contribution in [2.45, 2.75) is 31.5 Å². The number of aliphatic hydroxyl groups is 1. The minimum atomic E-state index is -0.920. The van der Waals surface area contributed by atoms with E-state index < -0.39 is 18.2 Å². The molecule has 0 saturated carbocycles. The fourth-order valence-corrected chi connectivity index (χ4v) is 1.19. The minimum Gasteiger partial charge on any atom is -0.481 e. The van der Waals surface area contributed by atoms with Crippen LogP contribution in [-0.2, 0) is 9.53 Å². The first-order valence-corrected chi connectivity index (χ1v) is 3.71. The van der Waals surface area contributed by atoms with Crippen molar-refractivity contribution in [1.29, 1.82) is 0 Å². The van der Waals surface area contributed by atoms with Gasteiger partial charge in [0.2, 0.25) is 0 Å². The van der Waals surface area contributed by atoms with Gasteiger partial charge in [0.25, 0.3) is 0 Å². The second kappa shape index (κ2) is 3.69. The number of rotatable bonds is 2. The van der Waals surface area contributed by atoms with Crippen LogP contribution in [-0.4, -0.2) is 35.0 Å². The maximum absolute atomic E-state index is 10.2. The van der Waals surface area contributed by atoms with E-state index in [-0.39, 0.29) is 6.42 Å². The molecule has 0 aromatic rings. The summed E-state index contributed by atoms with van der Waals surface area (Å²) in [6.07, 6.45) is 0.275. The molecule has 2 atom stereocenters. The molecule has 0 radical (unpaired) electrons. The van der Waals surface area contributed by atoms with E-state index in [0.717, 1.165) is 6.42 Å². The molecule has 0 aromatic carbocycles. The Morgan fingerprint density at radius 2 is 2.36 bits per heavy atom. The lowest BCUT2D eigenvalue weighted by Gasteiger charge is -2.26. The number of ether oxygens (including phenoxy) is 1. The van der Waals surface area contributed by atoms with E-state index in [1.165, 1.54) is 0 Å². The van der Waals surface area contributed by atoms with Crippen molar-refractivity contribution in [3.05, 3.63) is 0 Å². The fourth-order valence-electron chi connectivity index (χ4n) is 1.19. The molecule has 0 spiro atoms. The molecule has 1 rings (SSSR count). The van der Waals surface area contributed by atoms with E-state index in [9.17, 15) is 9.90 Å². The molecule has 2 N–H and O–H groups in total. The van der Waals surface area contributed by atoms with E-state index in [4.69, 9.17) is 9.84 Å². The van der Waals surface area contributed by atoms with Crippen molar-refractivity contribution >= 4 is 5.97 Å². The van der Waals surface area contributed by atoms with Crippen LogP contribution in [0, 0.1) is 0 Å². The normalized spacial score (nSPS) is 31.7. The van der Waals surface area contributed by atoms with Gasteiger partial charge in [-0.15, -0.1) is 0 Å². The molecule has 0 aromatic heterocycles. The van der Waals surface area contributed by atoms with Gasteiger partial charge in [0.05, 0.1) is 18.6 Å². The van der Waals surface area contributed by atoms with Gasteiger partial charge in [-0.25, -0.2) is 0 Å². The van der Waals surface area contributed by atoms with E-state index in [0.29, 0.717) is 13.0 Å². The van der Waals surface area contributed by atoms with Crippen LogP contribution >= 0.6 is 0 Å². The summed E-state index contributed by atoms with van der Waals surface area (Å²) in [6.45, 7) is 0.564. The Morgan fingerprint density at radius 1 is 1.64 bits per heavy atom. The van der Waals surface area contributed by atoms with Crippen LogP contribution in [0.4, 0.5) is 0 Å². The molecule has 1 saturated heterocycles. The number of aliphatic hydroxyl groups excluding tert-OH is 1. The molecule has 64 valence electrons. The monoisotopic (exact) mass is 160 g/mol. The average Bonchev–Trinajstić information content (AvgIpc) is 1.93. The van der Waals surface area contributed by atoms with E-state index >= 15 is 0 Å². The van der Waals surface area contributed by atoms with Crippen molar-refractivity contribution in [1.82, 2.24) is 0 Å². The van der Waals surface area contributed by atoms with Crippen molar-refractivity contribution in [3.63, 3.8) is 0 Å². The van der Waals surface area contributed by atoms with Crippen LogP contribution in [0.3, 0.4) is 0 Å². The first kappa shape index (κ1) is 8.49. The summed E-state index contributed by atoms with van der Waals surface area (Å²) < 4.78 is 5.07. The van der Waals surface area contributed by atoms with Gasteiger partial charge in [-0.3, -0.25) is 4.79 Å². The van der Waals surface area contributed by atoms with Crippen LogP contribution in [0.15, 0.2) is 0 Å². The Bertz CT molecular complexity index is 145. The van der Waals surface area contributed by atoms with Crippen molar-refractivity contribution < 1.29 is 19.7 Å². The summed E-state index contributed by atoms with van der Waals surface area (Å²) in [5.74, 6) is -0.920. The summed E-state index contributed by atoms with van der Waals surface area (Å²) in [7, 11) is 0. The Labute approximate surface area is 64.8 Å². The molecule has 1 aliphatic heterocycles. The van der Waals surface area contributed by atoms with Crippen LogP contribution in [0.25, 0.3) is 0 Å². The number of hydrogen-bond donors (Lipinski definition) is 2. The van der Waals surface area contributed by atoms with Gasteiger partial charge < -0.3 is 14.9 Å². The van der Waals surface area contributed by atoms with Crippen LogP contribution in [0.2, 0.25) is 0 Å². The maximum atomic E-state index is 10.2. The van der Waals surface area contributed by atoms with Gasteiger partial charge in [0.1, 0.15) is 0 Å². The molecule has 11 heavy (non-hydrogen) atoms. The Morgan fingerprint density at radius 3 is 2.91 bits per heavy atom. The second-order valence-corrected chi connectivity index (χ2v) is 2.72. The Kier molecular flexibility index (Phi) is 2.84. The van der Waals surface area contributed by atoms with Gasteiger partial charge in [0, 0.05) is 6.61 Å². The zero-order valence-corrected chi connectivity index (χ0v) is 6.19. The van der Waals surface area contributed by atoms with E-state index in [1.807, 2.05) is 0 Å². The minimum absolute atomic E-state index is 0.0961. The lowest BCUT2D eigenvalue weighted by Crippen LogP contribution is -2.35. The molecule has 4 nitrogen and oxygen atoms in total. The van der Waals surface area contributed by atoms with Crippen LogP contribution in [0.1, 0.15) is 19.3 Å². The van der Waals surface area contributed by atoms with Gasteiger partial charge in [-0.05, 0) is 12.8 Å². The number of aliphatic carboxylic acids is 1. The lowest BCUT2D eigenvalue weighted by molar-refractivity contribution is -0.145. The number of carboxylic acid groups (broad SMARTS) is 1. The molecule has 1 aliphatic rings. The predicted molar refractivity (Wildman–Crippen MR) is 37.2 cm³/mol. The quantitative estimate of drug-likeness (QED) is 0.596. The van der Waals surface area contributed by atoms with Crippen molar-refractivity contribution in [3.8, 4) is 0 Å². The zero-order valence-electron chi connectivity index (χ0n) is 6.19. The molecular weight excluding hydrogens is 148 g/mol. The first-order valence-electron chi connectivity index (χ1n) is 3.71. The molecule has 0 unspecified atom stereocenters. The van der Waals surface area contributed by atoms with Gasteiger partial charge in [-0.1, -0.05) is 0 Å². The third-order valence-electron chi connectivity index (χ3n) is 1.78. The van der Waals surface area contributed by atoms with Crippen LogP contribution < -0.4 is 0 Å². The highest BCUT2D eigenvalue weighted by Gasteiger charge is 2.25. The van der Waals surface area contributed by atoms with E-state index in [2.05, 4.69) is 0 Å². The topological polar surface area (TPSA) is 66.8 Å². The summed E-state index contributed by atoms with van der Waals surface area (Å²) in [5.41, 5.74) is 0. The molecule has 0 aliphatic carbocycles. The largest absolute Gasteiger partial charge is 0.481 e. The standard InChI is InChI=1S/C7H12O4/c8-5-2-1-3-11-6(5)4-7(9)10/h5-6,8H,1-4H2,(H,9,10)/t5-,6-/m0/s1. The Hall–Kier alpha value is -0.610. The molecule has 1 heterocycles. The van der Waals surface area contributed by atoms with Crippen LogP contribution in [0.5, 0.6) is 0 Å². The molecule has 0 bridgehead atoms. The molecule has 0 amide bonds. The van der Waals surface area contributed by atoms with Gasteiger partial charge in [0.15, 0.2) is 0 Å². The number of carbonyl (C=O) groups is 1. The van der Waals surface area contributed by atoms with Crippen molar-refractivity contribution in [2.75, 3.05) is 6.61 Å². The van der Waals surface area contributed by atoms with Gasteiger partial charge in [-0.2, -0.15) is 0 Å². The summed E-state index contributed by atoms with van der Waals surface area (Å²) in [6, 6.07) is 0. The summed E-state index contributed by atoms with van der Waals surface area (Å²) in [4.78, 5) is 10.2. The molecule has 1 fully saturated rings. The highest BCUT2D eigenvalue weighted by atomic mass is 16.5. The lowest BCUT2D eigenvalue weighted by atomic mass is 10.0.